The lowest BCUT2D eigenvalue weighted by Crippen LogP contribution is -2.62. The van der Waals surface area contributed by atoms with E-state index in [1.165, 1.54) is 51.8 Å². The second-order valence-electron chi connectivity index (χ2n) is 26.3. The third kappa shape index (κ3) is 18.4. The van der Waals surface area contributed by atoms with Gasteiger partial charge in [-0.3, -0.25) is 57.5 Å². The highest BCUT2D eigenvalue weighted by molar-refractivity contribution is 6.03. The van der Waals surface area contributed by atoms with Crippen molar-refractivity contribution >= 4 is 92.7 Å². The zero-order chi connectivity index (χ0) is 72.7. The Balaban J connectivity index is 0.989. The Morgan fingerprint density at radius 1 is 0.525 bits per heavy atom. The average molecular weight is 1390 g/mol. The summed E-state index contributed by atoms with van der Waals surface area (Å²) in [4.78, 5) is 190. The largest absolute Gasteiger partial charge is 0.486 e. The number of carbonyl (C=O) groups is 12. The van der Waals surface area contributed by atoms with E-state index >= 15 is 9.59 Å². The van der Waals surface area contributed by atoms with Crippen molar-refractivity contribution in [3.63, 3.8) is 0 Å². The smallest absolute Gasteiger partial charge is 0.274 e. The van der Waals surface area contributed by atoms with E-state index in [0.717, 1.165) is 30.7 Å². The Bertz CT molecular complexity index is 4080. The molecule has 0 spiro atoms. The number of rotatable bonds is 11. The first-order valence-corrected chi connectivity index (χ1v) is 33.8. The highest BCUT2D eigenvalue weighted by Crippen LogP contribution is 2.28. The van der Waals surface area contributed by atoms with Gasteiger partial charge in [0.2, 0.25) is 59.1 Å². The molecule has 0 saturated carbocycles. The number of para-hydroxylation sites is 2. The minimum atomic E-state index is -1.70. The van der Waals surface area contributed by atoms with Crippen molar-refractivity contribution in [2.75, 3.05) is 80.5 Å². The average Bonchev–Trinajstić information content (AvgIpc) is 0.799. The summed E-state index contributed by atoms with van der Waals surface area (Å²) < 4.78 is 12.4. The molecule has 28 heteroatoms. The van der Waals surface area contributed by atoms with Gasteiger partial charge in [-0.1, -0.05) is 111 Å². The Morgan fingerprint density at radius 3 is 1.39 bits per heavy atom. The number of carbonyl (C=O) groups excluding carboxylic acids is 12. The third-order valence-electron chi connectivity index (χ3n) is 18.5. The van der Waals surface area contributed by atoms with Crippen LogP contribution >= 0.6 is 0 Å². The molecule has 0 unspecified atom stereocenters. The van der Waals surface area contributed by atoms with Gasteiger partial charge in [0.25, 0.3) is 11.8 Å². The molecule has 5 heterocycles. The van der Waals surface area contributed by atoms with Crippen LogP contribution in [0.5, 0.6) is 11.5 Å². The van der Waals surface area contributed by atoms with Crippen molar-refractivity contribution in [3.05, 3.63) is 144 Å². The van der Waals surface area contributed by atoms with E-state index in [9.17, 15) is 47.9 Å². The Morgan fingerprint density at radius 2 is 0.941 bits per heavy atom. The number of aromatic nitrogens is 2. The van der Waals surface area contributed by atoms with Gasteiger partial charge in [0.15, 0.2) is 22.9 Å². The van der Waals surface area contributed by atoms with Crippen LogP contribution in [-0.2, 0) is 61.2 Å². The first kappa shape index (κ1) is 74.2. The van der Waals surface area contributed by atoms with Gasteiger partial charge in [-0.2, -0.15) is 0 Å². The predicted molar refractivity (Wildman–Crippen MR) is 372 cm³/mol. The summed E-state index contributed by atoms with van der Waals surface area (Å²) in [5.41, 5.74) is 0.359. The lowest BCUT2D eigenvalue weighted by Gasteiger charge is -2.38. The second kappa shape index (κ2) is 33.7. The molecule has 9 rings (SSSR count). The van der Waals surface area contributed by atoms with Crippen LogP contribution in [0.15, 0.2) is 121 Å². The number of piperidine rings is 2. The van der Waals surface area contributed by atoms with Crippen LogP contribution in [0.2, 0.25) is 0 Å². The van der Waals surface area contributed by atoms with E-state index < -0.39 is 152 Å². The van der Waals surface area contributed by atoms with Gasteiger partial charge >= 0.3 is 0 Å². The zero-order valence-electron chi connectivity index (χ0n) is 58.1. The summed E-state index contributed by atoms with van der Waals surface area (Å²) in [5.74, 6) is -9.54. The molecule has 3 fully saturated rings. The SMILES string of the molecule is CC(C)[C@H]1C(=O)NC[C@@H](NC(=O)c2nc3ccccc3cc2OCc2ccccc2)C(=O)N2CCCC[C@H]2C(=O)NCC(=O)N(C)CC(=O)N(C)C(C)(C)C(=O)NC[C@@H](NC(=O)c2nc3ccccc3cc2OCc2ccccc2)C(=O)N2CCCC[C@H]2C(=O)NCC(=O)N(C)CC(=O)N1C. The maximum Gasteiger partial charge on any atom is 0.274 e. The molecule has 6 N–H and O–H groups in total. The Hall–Kier alpha value is -11.1. The van der Waals surface area contributed by atoms with Gasteiger partial charge in [0.05, 0.1) is 37.2 Å². The summed E-state index contributed by atoms with van der Waals surface area (Å²) in [6.45, 7) is 2.81. The summed E-state index contributed by atoms with van der Waals surface area (Å²) in [7, 11) is 5.36. The number of fused-ring (bicyclic) bond motifs is 4. The predicted octanol–water partition coefficient (Wildman–Crippen LogP) is 2.72. The fraction of sp³-hybridized carbons (Fsp3) is 0.425. The fourth-order valence-electron chi connectivity index (χ4n) is 12.3. The molecular formula is C73H88N14O14. The minimum absolute atomic E-state index is 0.0219. The number of ether oxygens (including phenoxy) is 2. The number of nitrogens with one attached hydrogen (secondary N) is 6. The van der Waals surface area contributed by atoms with Crippen molar-refractivity contribution in [3.8, 4) is 11.5 Å². The molecule has 12 amide bonds. The molecule has 3 saturated heterocycles. The fourth-order valence-corrected chi connectivity index (χ4v) is 12.3. The number of benzene rings is 4. The highest BCUT2D eigenvalue weighted by atomic mass is 16.5. The molecule has 6 aromatic rings. The molecule has 3 aliphatic heterocycles. The summed E-state index contributed by atoms with van der Waals surface area (Å²) in [5, 5.41) is 17.5. The number of likely N-dealkylation sites (N-methyl/N-ethyl adjacent to an activating group) is 4. The molecule has 5 atom stereocenters. The van der Waals surface area contributed by atoms with Crippen LogP contribution in [0, 0.1) is 5.92 Å². The number of hydrogen-bond donors (Lipinski definition) is 6. The molecule has 2 aromatic heterocycles. The van der Waals surface area contributed by atoms with Crippen molar-refractivity contribution in [2.45, 2.75) is 115 Å². The highest BCUT2D eigenvalue weighted by Gasteiger charge is 2.42. The van der Waals surface area contributed by atoms with E-state index in [1.807, 2.05) is 60.7 Å². The third-order valence-corrected chi connectivity index (χ3v) is 18.5. The summed E-state index contributed by atoms with van der Waals surface area (Å²) in [6.07, 6.45) is 2.12. The molecule has 4 aromatic carbocycles. The first-order chi connectivity index (χ1) is 48.3. The molecule has 28 nitrogen and oxygen atoms in total. The van der Waals surface area contributed by atoms with Crippen molar-refractivity contribution in [1.29, 1.82) is 0 Å². The molecule has 0 radical (unpaired) electrons. The van der Waals surface area contributed by atoms with Crippen LogP contribution in [0.25, 0.3) is 21.8 Å². The molecular weight excluding hydrogens is 1300 g/mol. The normalized spacial score (nSPS) is 21.1. The molecule has 0 aliphatic carbocycles. The van der Waals surface area contributed by atoms with E-state index in [-0.39, 0.29) is 62.0 Å². The molecule has 0 bridgehead atoms. The van der Waals surface area contributed by atoms with E-state index in [1.54, 1.807) is 74.5 Å². The quantitative estimate of drug-likeness (QED) is 0.109. The van der Waals surface area contributed by atoms with Gasteiger partial charge in [-0.15, -0.1) is 0 Å². The maximum atomic E-state index is 15.2. The number of hydrogen-bond acceptors (Lipinski definition) is 16. The topological polar surface area (TPSA) is 341 Å². The van der Waals surface area contributed by atoms with Gasteiger partial charge in [0.1, 0.15) is 49.0 Å². The van der Waals surface area contributed by atoms with E-state index in [4.69, 9.17) is 9.47 Å². The van der Waals surface area contributed by atoms with Crippen LogP contribution in [0.4, 0.5) is 0 Å². The van der Waals surface area contributed by atoms with Crippen LogP contribution in [0.3, 0.4) is 0 Å². The van der Waals surface area contributed by atoms with Gasteiger partial charge in [-0.25, -0.2) is 9.97 Å². The van der Waals surface area contributed by atoms with Gasteiger partial charge < -0.3 is 70.8 Å². The van der Waals surface area contributed by atoms with Crippen molar-refractivity contribution < 1.29 is 67.0 Å². The Labute approximate surface area is 585 Å². The molecule has 3 aliphatic rings. The maximum absolute atomic E-state index is 15.2. The first-order valence-electron chi connectivity index (χ1n) is 33.8. The summed E-state index contributed by atoms with van der Waals surface area (Å²) in [6, 6.07) is 29.0. The second-order valence-corrected chi connectivity index (χ2v) is 26.3. The Kier molecular flexibility index (Phi) is 24.7. The number of nitrogens with zero attached hydrogens (tertiary/aromatic N) is 8. The number of pyridine rings is 2. The summed E-state index contributed by atoms with van der Waals surface area (Å²) >= 11 is 0. The van der Waals surface area contributed by atoms with Crippen LogP contribution in [-0.4, -0.2) is 227 Å². The van der Waals surface area contributed by atoms with Crippen molar-refractivity contribution in [1.82, 2.24) is 71.3 Å². The van der Waals surface area contributed by atoms with Crippen LogP contribution in [0.1, 0.15) is 98.3 Å². The van der Waals surface area contributed by atoms with Gasteiger partial charge in [-0.05, 0) is 93.7 Å². The van der Waals surface area contributed by atoms with E-state index in [2.05, 4.69) is 41.9 Å². The number of amides is 12. The monoisotopic (exact) mass is 1380 g/mol. The lowest BCUT2D eigenvalue weighted by atomic mass is 9.99. The van der Waals surface area contributed by atoms with Gasteiger partial charge in [0, 0.05) is 65.1 Å². The van der Waals surface area contributed by atoms with E-state index in [0.29, 0.717) is 47.5 Å². The standard InChI is InChI=1S/C73H88N14O14/c1-45(2)64-69(96)74-37-52(80-67(94)62-56(100-43-46-23-11-9-12-24-46)35-48-27-15-17-29-50(48)78-62)70(97)86-33-21-19-31-54(86)65(92)76-40-59(89)83(6)42-61(91)85(8)73(3,4)72(99)77-38-53(71(98)87-34-22-20-32-55(87)66(93)75-39-58(88)82(5)41-60(90)84(64)7)81-68(95)63-57(101-44-47-25-13-10-14-26-47)36-49-28-16-18-30-51(49)79-63/h9-18,23-30,35-36,45,52-55,64H,19-22,31-34,37-44H2,1-8H3,(H,74,96)(H,75,93)(H,76,92)(H,77,99)(H,80,94)(H,81,95)/t52-,53-,54+,55+,64+/m1/s1. The van der Waals surface area contributed by atoms with Crippen molar-refractivity contribution in [2.24, 2.45) is 5.92 Å². The zero-order valence-corrected chi connectivity index (χ0v) is 58.1. The molecule has 534 valence electrons. The van der Waals surface area contributed by atoms with Crippen LogP contribution < -0.4 is 41.4 Å². The molecule has 101 heavy (non-hydrogen) atoms. The lowest BCUT2D eigenvalue weighted by molar-refractivity contribution is -0.147. The minimum Gasteiger partial charge on any atom is -0.486 e.